The number of pyridine rings is 1. The summed E-state index contributed by atoms with van der Waals surface area (Å²) in [5.41, 5.74) is 1.36. The molecule has 0 aromatic carbocycles. The van der Waals surface area contributed by atoms with Crippen LogP contribution >= 0.6 is 0 Å². The second kappa shape index (κ2) is 6.00. The van der Waals surface area contributed by atoms with E-state index < -0.39 is 0 Å². The molecule has 4 nitrogen and oxygen atoms in total. The molecule has 0 radical (unpaired) electrons. The Labute approximate surface area is 106 Å². The average molecular weight is 244 g/mol. The van der Waals surface area contributed by atoms with Crippen molar-refractivity contribution in [2.75, 3.05) is 6.54 Å². The molecule has 0 aliphatic carbocycles. The summed E-state index contributed by atoms with van der Waals surface area (Å²) in [5.74, 6) is 0.620. The van der Waals surface area contributed by atoms with Crippen LogP contribution in [-0.2, 0) is 0 Å². The van der Waals surface area contributed by atoms with Crippen molar-refractivity contribution in [2.45, 2.75) is 19.8 Å². The van der Waals surface area contributed by atoms with E-state index in [1.54, 1.807) is 24.7 Å². The van der Waals surface area contributed by atoms with E-state index in [9.17, 15) is 4.79 Å². The molecule has 2 aromatic rings. The molecule has 94 valence electrons. The standard InChI is InChI=1S/C14H16N2O2/c1-2-3-6-16-14(17)12-8-11(9-15-10-12)13-5-4-7-18-13/h4-5,7-10H,2-3,6H2,1H3,(H,16,17). The SMILES string of the molecule is CCCCNC(=O)c1cncc(-c2ccco2)c1. The van der Waals surface area contributed by atoms with Crippen LogP contribution in [0, 0.1) is 0 Å². The van der Waals surface area contributed by atoms with Crippen molar-refractivity contribution in [3.63, 3.8) is 0 Å². The smallest absolute Gasteiger partial charge is 0.252 e. The maximum absolute atomic E-state index is 11.9. The van der Waals surface area contributed by atoms with Crippen molar-refractivity contribution < 1.29 is 9.21 Å². The molecular weight excluding hydrogens is 228 g/mol. The monoisotopic (exact) mass is 244 g/mol. The summed E-state index contributed by atoms with van der Waals surface area (Å²) >= 11 is 0. The Bertz CT molecular complexity index is 506. The molecule has 0 unspecified atom stereocenters. The van der Waals surface area contributed by atoms with Crippen LogP contribution in [0.15, 0.2) is 41.3 Å². The summed E-state index contributed by atoms with van der Waals surface area (Å²) in [5, 5.41) is 2.86. The highest BCUT2D eigenvalue weighted by Gasteiger charge is 2.08. The van der Waals surface area contributed by atoms with Crippen molar-refractivity contribution in [1.29, 1.82) is 0 Å². The predicted molar refractivity (Wildman–Crippen MR) is 69.2 cm³/mol. The fourth-order valence-electron chi connectivity index (χ4n) is 1.62. The Morgan fingerprint density at radius 2 is 2.33 bits per heavy atom. The molecular formula is C14H16N2O2. The van der Waals surface area contributed by atoms with Gasteiger partial charge in [-0.25, -0.2) is 0 Å². The Hall–Kier alpha value is -2.10. The van der Waals surface area contributed by atoms with Gasteiger partial charge in [0.1, 0.15) is 5.76 Å². The zero-order valence-corrected chi connectivity index (χ0v) is 10.3. The number of carbonyl (C=O) groups excluding carboxylic acids is 1. The molecule has 1 N–H and O–H groups in total. The normalized spacial score (nSPS) is 10.3. The molecule has 1 amide bonds. The van der Waals surface area contributed by atoms with Crippen molar-refractivity contribution in [3.8, 4) is 11.3 Å². The fourth-order valence-corrected chi connectivity index (χ4v) is 1.62. The molecule has 0 fully saturated rings. The molecule has 0 bridgehead atoms. The highest BCUT2D eigenvalue weighted by atomic mass is 16.3. The second-order valence-electron chi connectivity index (χ2n) is 4.05. The van der Waals surface area contributed by atoms with Crippen LogP contribution in [0.5, 0.6) is 0 Å². The zero-order valence-electron chi connectivity index (χ0n) is 10.3. The summed E-state index contributed by atoms with van der Waals surface area (Å²) in [6.45, 7) is 2.78. The number of amides is 1. The van der Waals surface area contributed by atoms with Gasteiger partial charge in [0.15, 0.2) is 0 Å². The first-order chi connectivity index (χ1) is 8.81. The molecule has 0 atom stereocenters. The second-order valence-corrected chi connectivity index (χ2v) is 4.05. The number of rotatable bonds is 5. The average Bonchev–Trinajstić information content (AvgIpc) is 2.93. The molecule has 0 saturated heterocycles. The van der Waals surface area contributed by atoms with Gasteiger partial charge in [-0.2, -0.15) is 0 Å². The minimum atomic E-state index is -0.0932. The van der Waals surface area contributed by atoms with Crippen LogP contribution in [0.3, 0.4) is 0 Å². The van der Waals surface area contributed by atoms with E-state index in [0.717, 1.165) is 18.4 Å². The number of furan rings is 1. The lowest BCUT2D eigenvalue weighted by atomic mass is 10.1. The molecule has 2 rings (SSSR count). The summed E-state index contributed by atoms with van der Waals surface area (Å²) < 4.78 is 5.28. The molecule has 0 spiro atoms. The maximum atomic E-state index is 11.9. The topological polar surface area (TPSA) is 55.1 Å². The van der Waals surface area contributed by atoms with Crippen LogP contribution in [0.1, 0.15) is 30.1 Å². The summed E-state index contributed by atoms with van der Waals surface area (Å²) in [6, 6.07) is 5.44. The lowest BCUT2D eigenvalue weighted by molar-refractivity contribution is 0.0953. The number of carbonyl (C=O) groups is 1. The van der Waals surface area contributed by atoms with Gasteiger partial charge >= 0.3 is 0 Å². The van der Waals surface area contributed by atoms with E-state index in [0.29, 0.717) is 17.9 Å². The lowest BCUT2D eigenvalue weighted by Crippen LogP contribution is -2.24. The number of hydrogen-bond donors (Lipinski definition) is 1. The van der Waals surface area contributed by atoms with Gasteiger partial charge in [0.25, 0.3) is 5.91 Å². The first kappa shape index (κ1) is 12.4. The summed E-state index contributed by atoms with van der Waals surface area (Å²) in [7, 11) is 0. The van der Waals surface area contributed by atoms with E-state index in [-0.39, 0.29) is 5.91 Å². The van der Waals surface area contributed by atoms with Crippen molar-refractivity contribution in [1.82, 2.24) is 10.3 Å². The lowest BCUT2D eigenvalue weighted by Gasteiger charge is -2.04. The molecule has 2 heterocycles. The third-order valence-electron chi connectivity index (χ3n) is 2.62. The minimum absolute atomic E-state index is 0.0932. The molecule has 18 heavy (non-hydrogen) atoms. The third-order valence-corrected chi connectivity index (χ3v) is 2.62. The van der Waals surface area contributed by atoms with E-state index in [2.05, 4.69) is 17.2 Å². The Kier molecular flexibility index (Phi) is 4.12. The van der Waals surface area contributed by atoms with Crippen LogP contribution < -0.4 is 5.32 Å². The highest BCUT2D eigenvalue weighted by molar-refractivity contribution is 5.94. The Morgan fingerprint density at radius 3 is 3.06 bits per heavy atom. The van der Waals surface area contributed by atoms with Gasteiger partial charge in [-0.15, -0.1) is 0 Å². The first-order valence-corrected chi connectivity index (χ1v) is 6.08. The fraction of sp³-hybridized carbons (Fsp3) is 0.286. The van der Waals surface area contributed by atoms with Gasteiger partial charge in [0, 0.05) is 24.5 Å². The number of aromatic nitrogens is 1. The molecule has 0 saturated carbocycles. The molecule has 0 aliphatic rings. The molecule has 0 aliphatic heterocycles. The Morgan fingerprint density at radius 1 is 1.44 bits per heavy atom. The predicted octanol–water partition coefficient (Wildman–Crippen LogP) is 2.87. The van der Waals surface area contributed by atoms with Gasteiger partial charge in [0.2, 0.25) is 0 Å². The van der Waals surface area contributed by atoms with Crippen LogP contribution in [0.25, 0.3) is 11.3 Å². The number of hydrogen-bond acceptors (Lipinski definition) is 3. The quantitative estimate of drug-likeness (QED) is 0.823. The van der Waals surface area contributed by atoms with Crippen molar-refractivity contribution in [3.05, 3.63) is 42.4 Å². The van der Waals surface area contributed by atoms with Gasteiger partial charge in [-0.1, -0.05) is 13.3 Å². The van der Waals surface area contributed by atoms with Gasteiger partial charge in [0.05, 0.1) is 11.8 Å². The number of unbranched alkanes of at least 4 members (excludes halogenated alkanes) is 1. The van der Waals surface area contributed by atoms with E-state index in [4.69, 9.17) is 4.42 Å². The number of nitrogens with zero attached hydrogens (tertiary/aromatic N) is 1. The van der Waals surface area contributed by atoms with Crippen molar-refractivity contribution >= 4 is 5.91 Å². The number of nitrogens with one attached hydrogen (secondary N) is 1. The highest BCUT2D eigenvalue weighted by Crippen LogP contribution is 2.19. The Balaban J connectivity index is 2.10. The van der Waals surface area contributed by atoms with E-state index in [1.807, 2.05) is 12.1 Å². The van der Waals surface area contributed by atoms with E-state index >= 15 is 0 Å². The summed E-state index contributed by atoms with van der Waals surface area (Å²) in [4.78, 5) is 15.9. The van der Waals surface area contributed by atoms with Crippen LogP contribution in [0.2, 0.25) is 0 Å². The zero-order chi connectivity index (χ0) is 12.8. The van der Waals surface area contributed by atoms with Crippen LogP contribution in [-0.4, -0.2) is 17.4 Å². The first-order valence-electron chi connectivity index (χ1n) is 6.08. The van der Waals surface area contributed by atoms with Crippen molar-refractivity contribution in [2.24, 2.45) is 0 Å². The van der Waals surface area contributed by atoms with Crippen LogP contribution in [0.4, 0.5) is 0 Å². The van der Waals surface area contributed by atoms with E-state index in [1.165, 1.54) is 0 Å². The maximum Gasteiger partial charge on any atom is 0.252 e. The summed E-state index contributed by atoms with van der Waals surface area (Å²) in [6.07, 6.45) is 6.89. The van der Waals surface area contributed by atoms with Gasteiger partial charge in [-0.3, -0.25) is 9.78 Å². The molecule has 4 heteroatoms. The molecule has 2 aromatic heterocycles. The largest absolute Gasteiger partial charge is 0.464 e. The minimum Gasteiger partial charge on any atom is -0.464 e. The van der Waals surface area contributed by atoms with Gasteiger partial charge < -0.3 is 9.73 Å². The third kappa shape index (κ3) is 2.97. The van der Waals surface area contributed by atoms with Gasteiger partial charge in [-0.05, 0) is 24.6 Å².